The first-order valence-corrected chi connectivity index (χ1v) is 12.8. The number of nitrogens with zero attached hydrogens (tertiary/aromatic N) is 4. The third-order valence-corrected chi connectivity index (χ3v) is 7.52. The molecule has 1 aromatic carbocycles. The smallest absolute Gasteiger partial charge is 0.309 e. The summed E-state index contributed by atoms with van der Waals surface area (Å²) in [7, 11) is 4.08. The van der Waals surface area contributed by atoms with Crippen LogP contribution in [0.25, 0.3) is 10.2 Å². The number of hydrogen-bond donors (Lipinski definition) is 1. The molecule has 0 aliphatic heterocycles. The molecule has 0 bridgehead atoms. The lowest BCUT2D eigenvalue weighted by Crippen LogP contribution is -2.31. The third-order valence-electron chi connectivity index (χ3n) is 5.57. The van der Waals surface area contributed by atoms with Crippen molar-refractivity contribution in [3.8, 4) is 0 Å². The highest BCUT2D eigenvalue weighted by Gasteiger charge is 2.21. The number of aryl methyl sites for hydroxylation is 1. The van der Waals surface area contributed by atoms with E-state index in [0.717, 1.165) is 60.1 Å². The molecule has 4 rings (SSSR count). The molecule has 1 N–H and O–H groups in total. The first-order valence-electron chi connectivity index (χ1n) is 11.0. The number of amides is 1. The van der Waals surface area contributed by atoms with Crippen LogP contribution in [0.3, 0.4) is 0 Å². The fourth-order valence-corrected chi connectivity index (χ4v) is 5.87. The number of carbonyl (C=O) groups is 1. The minimum absolute atomic E-state index is 0.132. The van der Waals surface area contributed by atoms with Crippen molar-refractivity contribution in [2.24, 2.45) is 0 Å². The lowest BCUT2D eigenvalue weighted by Gasteiger charge is -2.23. The molecule has 1 aliphatic carbocycles. The van der Waals surface area contributed by atoms with Crippen LogP contribution in [0.1, 0.15) is 36.1 Å². The van der Waals surface area contributed by atoms with E-state index in [0.29, 0.717) is 16.7 Å². The van der Waals surface area contributed by atoms with Gasteiger partial charge in [-0.1, -0.05) is 29.2 Å². The molecule has 7 nitrogen and oxygen atoms in total. The van der Waals surface area contributed by atoms with Gasteiger partial charge in [-0.3, -0.25) is 9.36 Å². The lowest BCUT2D eigenvalue weighted by molar-refractivity contribution is -0.113. The molecule has 2 heterocycles. The van der Waals surface area contributed by atoms with Crippen LogP contribution in [0.5, 0.6) is 0 Å². The maximum absolute atomic E-state index is 12.8. The first-order chi connectivity index (χ1) is 15.4. The standard InChI is InChI=1S/C23H29N5O2S2/c1-15-9-10-17-19(13-15)32-22(24-17)25-20(29)14-31-21-16-7-4-5-8-18(16)28(23(30)26-21)12-6-11-27(2)3/h9-10,13H,4-8,11-12,14H2,1-3H3,(H,24,25,29). The Morgan fingerprint density at radius 1 is 1.25 bits per heavy atom. The number of aromatic nitrogens is 3. The number of nitrogens with one attached hydrogen (secondary N) is 1. The molecule has 0 fully saturated rings. The van der Waals surface area contributed by atoms with Gasteiger partial charge in [0, 0.05) is 17.8 Å². The van der Waals surface area contributed by atoms with Crippen molar-refractivity contribution >= 4 is 44.4 Å². The van der Waals surface area contributed by atoms with Crippen molar-refractivity contribution in [3.63, 3.8) is 0 Å². The molecule has 0 spiro atoms. The molecular weight excluding hydrogens is 442 g/mol. The number of thiazole rings is 1. The highest BCUT2D eigenvalue weighted by molar-refractivity contribution is 8.00. The predicted octanol–water partition coefficient (Wildman–Crippen LogP) is 3.72. The number of carbonyl (C=O) groups excluding carboxylic acids is 1. The van der Waals surface area contributed by atoms with E-state index in [1.165, 1.54) is 28.7 Å². The zero-order valence-electron chi connectivity index (χ0n) is 18.8. The zero-order valence-corrected chi connectivity index (χ0v) is 20.4. The van der Waals surface area contributed by atoms with Gasteiger partial charge in [0.15, 0.2) is 5.13 Å². The van der Waals surface area contributed by atoms with E-state index < -0.39 is 0 Å². The van der Waals surface area contributed by atoms with Crippen LogP contribution < -0.4 is 11.0 Å². The second-order valence-electron chi connectivity index (χ2n) is 8.47. The highest BCUT2D eigenvalue weighted by atomic mass is 32.2. The van der Waals surface area contributed by atoms with E-state index in [1.807, 2.05) is 37.7 Å². The summed E-state index contributed by atoms with van der Waals surface area (Å²) in [6.07, 6.45) is 4.91. The van der Waals surface area contributed by atoms with Crippen LogP contribution in [-0.2, 0) is 24.2 Å². The van der Waals surface area contributed by atoms with Crippen molar-refractivity contribution in [2.75, 3.05) is 31.7 Å². The average Bonchev–Trinajstić information content (AvgIpc) is 3.14. The Balaban J connectivity index is 1.45. The zero-order chi connectivity index (χ0) is 22.7. The number of fused-ring (bicyclic) bond motifs is 2. The summed E-state index contributed by atoms with van der Waals surface area (Å²) >= 11 is 2.83. The maximum Gasteiger partial charge on any atom is 0.348 e. The van der Waals surface area contributed by atoms with Gasteiger partial charge in [0.05, 0.1) is 16.0 Å². The molecule has 9 heteroatoms. The number of hydrogen-bond acceptors (Lipinski definition) is 7. The molecule has 0 saturated heterocycles. The van der Waals surface area contributed by atoms with E-state index >= 15 is 0 Å². The molecule has 2 aromatic heterocycles. The molecule has 0 radical (unpaired) electrons. The van der Waals surface area contributed by atoms with Gasteiger partial charge in [-0.05, 0) is 77.4 Å². The Bertz CT molecular complexity index is 1190. The van der Waals surface area contributed by atoms with Crippen LogP contribution in [0.15, 0.2) is 28.0 Å². The molecule has 1 amide bonds. The molecule has 1 aliphatic rings. The predicted molar refractivity (Wildman–Crippen MR) is 132 cm³/mol. The summed E-state index contributed by atoms with van der Waals surface area (Å²) in [6.45, 7) is 3.66. The van der Waals surface area contributed by atoms with Crippen molar-refractivity contribution < 1.29 is 4.79 Å². The van der Waals surface area contributed by atoms with E-state index in [-0.39, 0.29) is 17.3 Å². The lowest BCUT2D eigenvalue weighted by atomic mass is 9.97. The van der Waals surface area contributed by atoms with Crippen LogP contribution in [-0.4, -0.2) is 51.7 Å². The van der Waals surface area contributed by atoms with Crippen LogP contribution in [0.2, 0.25) is 0 Å². The number of thioether (sulfide) groups is 1. The van der Waals surface area contributed by atoms with E-state index in [4.69, 9.17) is 0 Å². The van der Waals surface area contributed by atoms with E-state index in [9.17, 15) is 9.59 Å². The Labute approximate surface area is 196 Å². The van der Waals surface area contributed by atoms with E-state index in [1.54, 1.807) is 0 Å². The highest BCUT2D eigenvalue weighted by Crippen LogP contribution is 2.30. The SMILES string of the molecule is Cc1ccc2nc(NC(=O)CSc3nc(=O)n(CCCN(C)C)c4c3CCCC4)sc2c1. The number of anilines is 1. The summed E-state index contributed by atoms with van der Waals surface area (Å²) in [5.74, 6) is 0.0747. The van der Waals surface area contributed by atoms with Crippen molar-refractivity contribution in [1.82, 2.24) is 19.4 Å². The quantitative estimate of drug-likeness (QED) is 0.398. The second-order valence-corrected chi connectivity index (χ2v) is 10.5. The van der Waals surface area contributed by atoms with Crippen LogP contribution in [0.4, 0.5) is 5.13 Å². The molecule has 0 atom stereocenters. The molecular formula is C23H29N5O2S2. The van der Waals surface area contributed by atoms with Gasteiger partial charge >= 0.3 is 5.69 Å². The Morgan fingerprint density at radius 2 is 2.06 bits per heavy atom. The Kier molecular flexibility index (Phi) is 7.27. The van der Waals surface area contributed by atoms with E-state index in [2.05, 4.69) is 26.3 Å². The van der Waals surface area contributed by atoms with Crippen molar-refractivity contribution in [1.29, 1.82) is 0 Å². The van der Waals surface area contributed by atoms with Gasteiger partial charge in [0.25, 0.3) is 0 Å². The molecule has 0 saturated carbocycles. The third kappa shape index (κ3) is 5.39. The van der Waals surface area contributed by atoms with Crippen LogP contribution >= 0.6 is 23.1 Å². The Hall–Kier alpha value is -2.23. The minimum atomic E-state index is -0.200. The summed E-state index contributed by atoms with van der Waals surface area (Å²) in [6, 6.07) is 6.05. The first kappa shape index (κ1) is 22.9. The molecule has 32 heavy (non-hydrogen) atoms. The normalized spacial score (nSPS) is 13.5. The van der Waals surface area contributed by atoms with Gasteiger partial charge in [0.2, 0.25) is 5.91 Å². The fourth-order valence-electron chi connectivity index (χ4n) is 4.02. The van der Waals surface area contributed by atoms with Gasteiger partial charge in [-0.2, -0.15) is 4.98 Å². The average molecular weight is 472 g/mol. The number of rotatable bonds is 8. The Morgan fingerprint density at radius 3 is 2.88 bits per heavy atom. The minimum Gasteiger partial charge on any atom is -0.309 e. The maximum atomic E-state index is 12.8. The fraction of sp³-hybridized carbons (Fsp3) is 0.478. The van der Waals surface area contributed by atoms with Gasteiger partial charge in [-0.25, -0.2) is 9.78 Å². The van der Waals surface area contributed by atoms with Crippen LogP contribution in [0, 0.1) is 6.92 Å². The summed E-state index contributed by atoms with van der Waals surface area (Å²) in [5, 5.41) is 4.21. The molecule has 170 valence electrons. The van der Waals surface area contributed by atoms with Gasteiger partial charge < -0.3 is 10.2 Å². The molecule has 0 unspecified atom stereocenters. The van der Waals surface area contributed by atoms with Gasteiger partial charge in [-0.15, -0.1) is 0 Å². The monoisotopic (exact) mass is 471 g/mol. The summed E-state index contributed by atoms with van der Waals surface area (Å²) in [5.41, 5.74) is 4.11. The number of benzene rings is 1. The topological polar surface area (TPSA) is 80.1 Å². The van der Waals surface area contributed by atoms with Gasteiger partial charge in [0.1, 0.15) is 5.03 Å². The van der Waals surface area contributed by atoms with Crippen molar-refractivity contribution in [3.05, 3.63) is 45.5 Å². The largest absolute Gasteiger partial charge is 0.348 e. The second kappa shape index (κ2) is 10.1. The van der Waals surface area contributed by atoms with Crippen molar-refractivity contribution in [2.45, 2.75) is 50.6 Å². The summed E-state index contributed by atoms with van der Waals surface area (Å²) < 4.78 is 2.91. The molecule has 3 aromatic rings. The summed E-state index contributed by atoms with van der Waals surface area (Å²) in [4.78, 5) is 36.3.